The third-order valence-electron chi connectivity index (χ3n) is 4.27. The van der Waals surface area contributed by atoms with Gasteiger partial charge in [0, 0.05) is 12.1 Å². The number of fused-ring (bicyclic) bond motifs is 2. The van der Waals surface area contributed by atoms with Crippen LogP contribution >= 0.6 is 0 Å². The Kier molecular flexibility index (Phi) is 4.54. The summed E-state index contributed by atoms with van der Waals surface area (Å²) in [7, 11) is 0. The Hall–Kier alpha value is -0.290. The number of alkyl halides is 3. The molecule has 5 heteroatoms. The van der Waals surface area contributed by atoms with Crippen molar-refractivity contribution < 1.29 is 13.2 Å². The molecule has 2 fully saturated rings. The van der Waals surface area contributed by atoms with Crippen LogP contribution in [0.5, 0.6) is 0 Å². The van der Waals surface area contributed by atoms with E-state index in [0.29, 0.717) is 31.1 Å². The van der Waals surface area contributed by atoms with Gasteiger partial charge in [0.2, 0.25) is 0 Å². The van der Waals surface area contributed by atoms with Crippen molar-refractivity contribution in [3.05, 3.63) is 0 Å². The second-order valence-electron chi connectivity index (χ2n) is 5.75. The lowest BCUT2D eigenvalue weighted by atomic mass is 9.89. The Bertz CT molecular complexity index is 253. The molecule has 2 saturated heterocycles. The van der Waals surface area contributed by atoms with Crippen molar-refractivity contribution in [3.8, 4) is 0 Å². The number of hydrogen-bond donors (Lipinski definition) is 1. The van der Waals surface area contributed by atoms with E-state index in [1.807, 2.05) is 0 Å². The summed E-state index contributed by atoms with van der Waals surface area (Å²) in [5.74, 6) is 0.617. The van der Waals surface area contributed by atoms with Crippen molar-refractivity contribution in [2.45, 2.75) is 57.3 Å². The number of hydrogen-bond acceptors (Lipinski definition) is 2. The zero-order chi connectivity index (χ0) is 13.2. The highest BCUT2D eigenvalue weighted by Gasteiger charge is 2.34. The fourth-order valence-electron chi connectivity index (χ4n) is 3.38. The lowest BCUT2D eigenvalue weighted by Gasteiger charge is -2.31. The van der Waals surface area contributed by atoms with E-state index in [0.717, 1.165) is 19.3 Å². The maximum absolute atomic E-state index is 12.3. The van der Waals surface area contributed by atoms with Crippen LogP contribution in [0, 0.1) is 5.92 Å². The van der Waals surface area contributed by atoms with E-state index in [2.05, 4.69) is 5.32 Å². The number of piperidine rings is 1. The zero-order valence-corrected chi connectivity index (χ0v) is 11.0. The fraction of sp³-hybridized carbons (Fsp3) is 1.00. The summed E-state index contributed by atoms with van der Waals surface area (Å²) in [5, 5.41) is 3.57. The summed E-state index contributed by atoms with van der Waals surface area (Å²) in [6.07, 6.45) is 1.66. The molecule has 0 radical (unpaired) electrons. The number of nitrogens with zero attached hydrogens (tertiary/aromatic N) is 1. The molecule has 2 unspecified atom stereocenters. The Morgan fingerprint density at radius 3 is 2.28 bits per heavy atom. The van der Waals surface area contributed by atoms with E-state index in [4.69, 9.17) is 0 Å². The number of halogens is 3. The van der Waals surface area contributed by atoms with E-state index >= 15 is 0 Å². The molecule has 18 heavy (non-hydrogen) atoms. The van der Waals surface area contributed by atoms with Crippen LogP contribution in [0.3, 0.4) is 0 Å². The van der Waals surface area contributed by atoms with Gasteiger partial charge in [-0.05, 0) is 51.1 Å². The molecule has 2 aliphatic heterocycles. The minimum atomic E-state index is -4.07. The molecule has 0 aromatic heterocycles. The molecule has 2 aliphatic rings. The van der Waals surface area contributed by atoms with Gasteiger partial charge in [0.1, 0.15) is 0 Å². The van der Waals surface area contributed by atoms with E-state index in [1.165, 1.54) is 17.7 Å². The quantitative estimate of drug-likeness (QED) is 0.821. The minimum absolute atomic E-state index is 0.483. The molecule has 0 saturated carbocycles. The van der Waals surface area contributed by atoms with Gasteiger partial charge in [-0.1, -0.05) is 6.92 Å². The van der Waals surface area contributed by atoms with E-state index in [1.54, 1.807) is 6.92 Å². The summed E-state index contributed by atoms with van der Waals surface area (Å²) in [5.41, 5.74) is 0. The standard InChI is InChI=1S/C13H23F3N2/c1-2-18(9-13(14,15)16)6-5-10-7-11-3-4-12(8-10)17-11/h10-12,17H,2-9H2,1H3. The molecule has 0 spiro atoms. The lowest BCUT2D eigenvalue weighted by Crippen LogP contribution is -2.40. The zero-order valence-electron chi connectivity index (χ0n) is 11.0. The molecule has 1 N–H and O–H groups in total. The number of rotatable bonds is 5. The van der Waals surface area contributed by atoms with E-state index in [9.17, 15) is 13.2 Å². The highest BCUT2D eigenvalue weighted by molar-refractivity contribution is 4.92. The monoisotopic (exact) mass is 264 g/mol. The Morgan fingerprint density at radius 2 is 1.78 bits per heavy atom. The third-order valence-corrected chi connectivity index (χ3v) is 4.27. The van der Waals surface area contributed by atoms with Crippen molar-refractivity contribution in [3.63, 3.8) is 0 Å². The van der Waals surface area contributed by atoms with Gasteiger partial charge >= 0.3 is 6.18 Å². The Morgan fingerprint density at radius 1 is 1.17 bits per heavy atom. The number of nitrogens with one attached hydrogen (secondary N) is 1. The Labute approximate surface area is 107 Å². The van der Waals surface area contributed by atoms with Gasteiger partial charge in [-0.15, -0.1) is 0 Å². The lowest BCUT2D eigenvalue weighted by molar-refractivity contribution is -0.145. The Balaban J connectivity index is 1.73. The van der Waals surface area contributed by atoms with Crippen LogP contribution < -0.4 is 5.32 Å². The topological polar surface area (TPSA) is 15.3 Å². The molecule has 2 nitrogen and oxygen atoms in total. The fourth-order valence-corrected chi connectivity index (χ4v) is 3.38. The molecular weight excluding hydrogens is 241 g/mol. The van der Waals surface area contributed by atoms with Gasteiger partial charge in [0.15, 0.2) is 0 Å². The second kappa shape index (κ2) is 5.78. The summed E-state index contributed by atoms with van der Waals surface area (Å²) in [4.78, 5) is 1.52. The van der Waals surface area contributed by atoms with E-state index in [-0.39, 0.29) is 0 Å². The van der Waals surface area contributed by atoms with Gasteiger partial charge in [0.25, 0.3) is 0 Å². The van der Waals surface area contributed by atoms with Gasteiger partial charge in [-0.3, -0.25) is 4.90 Å². The van der Waals surface area contributed by atoms with Crippen LogP contribution in [-0.2, 0) is 0 Å². The van der Waals surface area contributed by atoms with Crippen LogP contribution in [-0.4, -0.2) is 42.8 Å². The largest absolute Gasteiger partial charge is 0.401 e. The first-order valence-electron chi connectivity index (χ1n) is 7.01. The molecular formula is C13H23F3N2. The van der Waals surface area contributed by atoms with E-state index < -0.39 is 12.7 Å². The van der Waals surface area contributed by atoms with Crippen molar-refractivity contribution in [1.29, 1.82) is 0 Å². The summed E-state index contributed by atoms with van der Waals surface area (Å²) < 4.78 is 37.0. The first-order chi connectivity index (χ1) is 8.46. The summed E-state index contributed by atoms with van der Waals surface area (Å²) >= 11 is 0. The van der Waals surface area contributed by atoms with Crippen LogP contribution in [0.2, 0.25) is 0 Å². The molecule has 2 bridgehead atoms. The van der Waals surface area contributed by atoms with Gasteiger partial charge in [-0.25, -0.2) is 0 Å². The molecule has 2 atom stereocenters. The van der Waals surface area contributed by atoms with Crippen LogP contribution in [0.25, 0.3) is 0 Å². The molecule has 0 aliphatic carbocycles. The van der Waals surface area contributed by atoms with Crippen LogP contribution in [0.4, 0.5) is 13.2 Å². The van der Waals surface area contributed by atoms with Crippen molar-refractivity contribution in [1.82, 2.24) is 10.2 Å². The maximum atomic E-state index is 12.3. The second-order valence-corrected chi connectivity index (χ2v) is 5.75. The average Bonchev–Trinajstić information content (AvgIpc) is 2.62. The molecule has 0 aromatic rings. The van der Waals surface area contributed by atoms with Gasteiger partial charge in [0.05, 0.1) is 6.54 Å². The highest BCUT2D eigenvalue weighted by atomic mass is 19.4. The first-order valence-corrected chi connectivity index (χ1v) is 7.01. The first kappa shape index (κ1) is 14.1. The van der Waals surface area contributed by atoms with Gasteiger partial charge in [-0.2, -0.15) is 13.2 Å². The minimum Gasteiger partial charge on any atom is -0.311 e. The third kappa shape index (κ3) is 4.12. The molecule has 106 valence electrons. The molecule has 2 heterocycles. The predicted molar refractivity (Wildman–Crippen MR) is 65.5 cm³/mol. The maximum Gasteiger partial charge on any atom is 0.401 e. The van der Waals surface area contributed by atoms with Crippen molar-refractivity contribution in [2.24, 2.45) is 5.92 Å². The van der Waals surface area contributed by atoms with Crippen LogP contribution in [0.1, 0.15) is 39.0 Å². The normalized spacial score (nSPS) is 32.2. The smallest absolute Gasteiger partial charge is 0.311 e. The van der Waals surface area contributed by atoms with Gasteiger partial charge < -0.3 is 5.32 Å². The molecule has 2 rings (SSSR count). The summed E-state index contributed by atoms with van der Waals surface area (Å²) in [6.45, 7) is 2.11. The van der Waals surface area contributed by atoms with Crippen molar-refractivity contribution >= 4 is 0 Å². The summed E-state index contributed by atoms with van der Waals surface area (Å²) in [6, 6.07) is 1.26. The molecule has 0 amide bonds. The predicted octanol–water partition coefficient (Wildman–Crippen LogP) is 2.79. The molecule has 0 aromatic carbocycles. The average molecular weight is 264 g/mol. The highest BCUT2D eigenvalue weighted by Crippen LogP contribution is 2.32. The SMILES string of the molecule is CCN(CCC1CC2CCC(C1)N2)CC(F)(F)F. The van der Waals surface area contributed by atoms with Crippen LogP contribution in [0.15, 0.2) is 0 Å². The van der Waals surface area contributed by atoms with Crippen molar-refractivity contribution in [2.75, 3.05) is 19.6 Å².